The lowest BCUT2D eigenvalue weighted by Crippen LogP contribution is -2.34. The number of aryl methyl sites for hydroxylation is 1. The fourth-order valence-corrected chi connectivity index (χ4v) is 3.49. The average Bonchev–Trinajstić information content (AvgIpc) is 2.66. The second kappa shape index (κ2) is 7.31. The number of methoxy groups -OCH3 is 1. The molecule has 2 aromatic rings. The smallest absolute Gasteiger partial charge is 0.416 e. The zero-order valence-electron chi connectivity index (χ0n) is 16.0. The van der Waals surface area contributed by atoms with Gasteiger partial charge >= 0.3 is 12.1 Å². The van der Waals surface area contributed by atoms with Gasteiger partial charge in [-0.05, 0) is 31.5 Å². The molecule has 0 radical (unpaired) electrons. The third kappa shape index (κ3) is 3.48. The molecule has 3 rings (SSSR count). The topological polar surface area (TPSA) is 83.5 Å². The number of nitrogens with two attached hydrogens (primary N) is 1. The van der Waals surface area contributed by atoms with Crippen molar-refractivity contribution in [3.05, 3.63) is 74.5 Å². The molecule has 1 aliphatic heterocycles. The third-order valence-electron chi connectivity index (χ3n) is 4.86. The summed E-state index contributed by atoms with van der Waals surface area (Å²) in [6, 6.07) is 5.82. The molecule has 0 saturated carbocycles. The molecule has 1 atom stereocenters. The van der Waals surface area contributed by atoms with Gasteiger partial charge in [-0.1, -0.05) is 12.1 Å². The maximum absolute atomic E-state index is 13.1. The minimum absolute atomic E-state index is 0.117. The summed E-state index contributed by atoms with van der Waals surface area (Å²) in [6.45, 7) is 3.87. The van der Waals surface area contributed by atoms with Crippen LogP contribution >= 0.6 is 0 Å². The first-order valence-electron chi connectivity index (χ1n) is 8.77. The van der Waals surface area contributed by atoms with Crippen molar-refractivity contribution in [1.82, 2.24) is 4.57 Å². The lowest BCUT2D eigenvalue weighted by atomic mass is 9.83. The Morgan fingerprint density at radius 2 is 1.90 bits per heavy atom. The number of hydrogen-bond donors (Lipinski definition) is 1. The summed E-state index contributed by atoms with van der Waals surface area (Å²) in [6.07, 6.45) is -4.52. The quantitative estimate of drug-likeness (QED) is 0.790. The predicted octanol–water partition coefficient (Wildman–Crippen LogP) is 3.06. The largest absolute Gasteiger partial charge is 0.465 e. The highest BCUT2D eigenvalue weighted by atomic mass is 19.4. The van der Waals surface area contributed by atoms with E-state index < -0.39 is 29.2 Å². The van der Waals surface area contributed by atoms with Crippen LogP contribution in [0.1, 0.15) is 35.2 Å². The Morgan fingerprint density at radius 1 is 1.28 bits per heavy atom. The first-order chi connectivity index (χ1) is 13.6. The number of ether oxygens (including phenoxy) is 2. The molecule has 0 amide bonds. The van der Waals surface area contributed by atoms with E-state index in [0.29, 0.717) is 12.2 Å². The Hall–Kier alpha value is -3.23. The van der Waals surface area contributed by atoms with Crippen LogP contribution in [0.2, 0.25) is 0 Å². The van der Waals surface area contributed by atoms with E-state index in [1.54, 1.807) is 19.9 Å². The first kappa shape index (κ1) is 20.5. The van der Waals surface area contributed by atoms with E-state index in [9.17, 15) is 22.8 Å². The highest BCUT2D eigenvalue weighted by Crippen LogP contribution is 2.42. The van der Waals surface area contributed by atoms with Crippen LogP contribution in [0, 0.1) is 6.92 Å². The Morgan fingerprint density at radius 3 is 2.41 bits per heavy atom. The van der Waals surface area contributed by atoms with Crippen LogP contribution < -0.4 is 16.0 Å². The first-order valence-corrected chi connectivity index (χ1v) is 8.77. The molecule has 1 aromatic heterocycles. The van der Waals surface area contributed by atoms with Gasteiger partial charge in [0.25, 0.3) is 5.56 Å². The van der Waals surface area contributed by atoms with Crippen LogP contribution in [0.3, 0.4) is 0 Å². The van der Waals surface area contributed by atoms with E-state index in [2.05, 4.69) is 0 Å². The molecule has 2 heterocycles. The standard InChI is InChI=1S/C20H19F3N2O4/c1-4-25-10(2)9-13-15(18(25)26)14(16(17(24)29-13)19(27)28-3)11-5-7-12(8-6-11)20(21,22)23/h5-9,14H,4,24H2,1-3H3. The van der Waals surface area contributed by atoms with Crippen LogP contribution in [0.4, 0.5) is 13.2 Å². The normalized spacial score (nSPS) is 16.3. The van der Waals surface area contributed by atoms with Crippen LogP contribution in [-0.2, 0) is 22.3 Å². The van der Waals surface area contributed by atoms with Crippen molar-refractivity contribution in [1.29, 1.82) is 0 Å². The molecule has 1 unspecified atom stereocenters. The van der Waals surface area contributed by atoms with Gasteiger partial charge in [-0.2, -0.15) is 13.2 Å². The maximum atomic E-state index is 13.1. The summed E-state index contributed by atoms with van der Waals surface area (Å²) >= 11 is 0. The Kier molecular flexibility index (Phi) is 5.16. The number of rotatable bonds is 3. The van der Waals surface area contributed by atoms with Crippen molar-refractivity contribution in [2.45, 2.75) is 32.5 Å². The van der Waals surface area contributed by atoms with E-state index in [-0.39, 0.29) is 28.3 Å². The highest BCUT2D eigenvalue weighted by molar-refractivity contribution is 5.92. The molecule has 1 aromatic carbocycles. The van der Waals surface area contributed by atoms with Crippen molar-refractivity contribution in [3.63, 3.8) is 0 Å². The van der Waals surface area contributed by atoms with Crippen LogP contribution in [0.5, 0.6) is 5.75 Å². The SMILES string of the molecule is CCn1c(C)cc2c(c1=O)C(c1ccc(C(F)(F)F)cc1)C(C(=O)OC)=C(N)O2. The maximum Gasteiger partial charge on any atom is 0.416 e. The Bertz CT molecular complexity index is 1050. The van der Waals surface area contributed by atoms with Crippen molar-refractivity contribution in [2.75, 3.05) is 7.11 Å². The van der Waals surface area contributed by atoms with Crippen LogP contribution in [0.15, 0.2) is 46.6 Å². The van der Waals surface area contributed by atoms with Gasteiger partial charge in [0.1, 0.15) is 11.3 Å². The Labute approximate surface area is 164 Å². The summed E-state index contributed by atoms with van der Waals surface area (Å²) in [5.41, 5.74) is 5.56. The summed E-state index contributed by atoms with van der Waals surface area (Å²) in [5.74, 6) is -1.96. The van der Waals surface area contributed by atoms with Crippen molar-refractivity contribution < 1.29 is 27.4 Å². The van der Waals surface area contributed by atoms with Gasteiger partial charge in [-0.25, -0.2) is 4.79 Å². The zero-order chi connectivity index (χ0) is 21.5. The van der Waals surface area contributed by atoms with Crippen molar-refractivity contribution in [2.24, 2.45) is 5.73 Å². The van der Waals surface area contributed by atoms with E-state index in [0.717, 1.165) is 19.2 Å². The fourth-order valence-electron chi connectivity index (χ4n) is 3.49. The number of esters is 1. The van der Waals surface area contributed by atoms with Gasteiger partial charge in [0.05, 0.1) is 24.2 Å². The fraction of sp³-hybridized carbons (Fsp3) is 0.300. The number of aromatic nitrogens is 1. The highest BCUT2D eigenvalue weighted by Gasteiger charge is 2.38. The summed E-state index contributed by atoms with van der Waals surface area (Å²) < 4.78 is 50.6. The minimum atomic E-state index is -4.52. The van der Waals surface area contributed by atoms with Crippen molar-refractivity contribution in [3.8, 4) is 5.75 Å². The van der Waals surface area contributed by atoms with Gasteiger partial charge in [0.2, 0.25) is 5.88 Å². The molecule has 1 aliphatic rings. The predicted molar refractivity (Wildman–Crippen MR) is 98.3 cm³/mol. The molecule has 2 N–H and O–H groups in total. The second-order valence-corrected chi connectivity index (χ2v) is 6.54. The average molecular weight is 408 g/mol. The van der Waals surface area contributed by atoms with E-state index in [4.69, 9.17) is 15.2 Å². The molecule has 6 nitrogen and oxygen atoms in total. The third-order valence-corrected chi connectivity index (χ3v) is 4.86. The van der Waals surface area contributed by atoms with Gasteiger partial charge < -0.3 is 19.8 Å². The van der Waals surface area contributed by atoms with Crippen molar-refractivity contribution >= 4 is 5.97 Å². The minimum Gasteiger partial charge on any atom is -0.465 e. The number of pyridine rings is 1. The molecule has 0 bridgehead atoms. The lowest BCUT2D eigenvalue weighted by molar-refractivity contribution is -0.138. The Balaban J connectivity index is 2.29. The second-order valence-electron chi connectivity index (χ2n) is 6.54. The number of carbonyl (C=O) groups excluding carboxylic acids is 1. The number of halogens is 3. The number of alkyl halides is 3. The number of fused-ring (bicyclic) bond motifs is 1. The number of benzene rings is 1. The van der Waals surface area contributed by atoms with Crippen LogP contribution in [0.25, 0.3) is 0 Å². The van der Waals surface area contributed by atoms with Crippen LogP contribution in [-0.4, -0.2) is 17.6 Å². The summed E-state index contributed by atoms with van der Waals surface area (Å²) in [7, 11) is 1.14. The van der Waals surface area contributed by atoms with E-state index in [1.807, 2.05) is 0 Å². The van der Waals surface area contributed by atoms with E-state index >= 15 is 0 Å². The van der Waals surface area contributed by atoms with Gasteiger partial charge in [-0.15, -0.1) is 0 Å². The number of nitrogens with zero attached hydrogens (tertiary/aromatic N) is 1. The summed E-state index contributed by atoms with van der Waals surface area (Å²) in [5, 5.41) is 0. The molecule has 0 aliphatic carbocycles. The molecular formula is C20H19F3N2O4. The van der Waals surface area contributed by atoms with Gasteiger partial charge in [0, 0.05) is 18.3 Å². The molecule has 29 heavy (non-hydrogen) atoms. The van der Waals surface area contributed by atoms with Gasteiger partial charge in [-0.3, -0.25) is 4.79 Å². The number of hydrogen-bond acceptors (Lipinski definition) is 5. The monoisotopic (exact) mass is 408 g/mol. The molecule has 0 spiro atoms. The molecule has 9 heteroatoms. The van der Waals surface area contributed by atoms with E-state index in [1.165, 1.54) is 16.7 Å². The zero-order valence-corrected chi connectivity index (χ0v) is 16.0. The van der Waals surface area contributed by atoms with Gasteiger partial charge in [0.15, 0.2) is 0 Å². The number of carbonyl (C=O) groups is 1. The lowest BCUT2D eigenvalue weighted by Gasteiger charge is -2.29. The molecule has 0 saturated heterocycles. The molecule has 154 valence electrons. The molecular weight excluding hydrogens is 389 g/mol. The molecule has 0 fully saturated rings. The summed E-state index contributed by atoms with van der Waals surface area (Å²) in [4.78, 5) is 25.5.